The predicted molar refractivity (Wildman–Crippen MR) is 607 cm³/mol. The zero-order chi connectivity index (χ0) is 98.5. The van der Waals surface area contributed by atoms with E-state index in [4.69, 9.17) is 20.0 Å². The minimum atomic E-state index is -6.15. The van der Waals surface area contributed by atoms with Gasteiger partial charge in [-0.25, -0.2) is 0 Å². The number of hydrogen-bond donors (Lipinski definition) is 0. The first kappa shape index (κ1) is 88.4. The molecule has 14 heteroatoms. The summed E-state index contributed by atoms with van der Waals surface area (Å²) in [5.41, 5.74) is 23.0. The zero-order valence-corrected chi connectivity index (χ0v) is 93.8. The van der Waals surface area contributed by atoms with Crippen molar-refractivity contribution in [1.82, 2.24) is 11.2 Å². The zero-order valence-electron chi connectivity index (χ0n) is 85.0. The second kappa shape index (κ2) is 28.0. The quantitative estimate of drug-likeness (QED) is 0.0957. The first-order valence-corrected chi connectivity index (χ1v) is 70.0. The van der Waals surface area contributed by atoms with E-state index in [9.17, 15) is 35.7 Å². The van der Waals surface area contributed by atoms with Crippen LogP contribution < -0.4 is 42.3 Å². The van der Waals surface area contributed by atoms with Crippen molar-refractivity contribution in [1.29, 1.82) is 0 Å². The van der Waals surface area contributed by atoms with Crippen LogP contribution in [0.4, 0.5) is 11.4 Å². The number of allylic oxidation sites excluding steroid dienone is 2. The molecule has 0 unspecified atom stereocenters. The van der Waals surface area contributed by atoms with Crippen molar-refractivity contribution in [3.63, 3.8) is 0 Å². The van der Waals surface area contributed by atoms with Crippen LogP contribution in [-0.4, -0.2) is 55.9 Å². The van der Waals surface area contributed by atoms with E-state index in [0.29, 0.717) is 0 Å². The third-order valence-electron chi connectivity index (χ3n) is 32.9. The number of aromatic nitrogens is 4. The summed E-state index contributed by atoms with van der Waals surface area (Å²) in [5.74, 6) is 0. The molecule has 16 aromatic carbocycles. The molecule has 12 heterocycles. The third-order valence-corrected chi connectivity index (χ3v) is 53.5. The Bertz CT molecular complexity index is 9780. The molecule has 0 amide bonds. The Morgan fingerprint density at radius 2 is 0.521 bits per heavy atom. The Labute approximate surface area is 848 Å². The molecule has 12 bridgehead atoms. The van der Waals surface area contributed by atoms with E-state index in [1.54, 1.807) is 0 Å². The van der Waals surface area contributed by atoms with Crippen LogP contribution in [0.25, 0.3) is 165 Å². The second-order valence-electron chi connectivity index (χ2n) is 50.3. The van der Waals surface area contributed by atoms with Crippen molar-refractivity contribution in [3.8, 4) is 0 Å². The second-order valence-corrected chi connectivity index (χ2v) is 77.9. The van der Waals surface area contributed by atoms with Gasteiger partial charge >= 0.3 is 857 Å². The van der Waals surface area contributed by atoms with E-state index in [1.165, 1.54) is 109 Å². The summed E-state index contributed by atoms with van der Waals surface area (Å²) in [7, 11) is 40.2. The summed E-state index contributed by atoms with van der Waals surface area (Å²) in [6, 6.07) is 80.9. The van der Waals surface area contributed by atoms with Crippen LogP contribution in [0, 0.1) is 21.1 Å². The van der Waals surface area contributed by atoms with Crippen molar-refractivity contribution in [2.75, 3.05) is 0 Å². The van der Waals surface area contributed by atoms with Gasteiger partial charge in [-0.15, -0.1) is 0 Å². The van der Waals surface area contributed by atoms with Crippen LogP contribution in [0.5, 0.6) is 0 Å². The Kier molecular flexibility index (Phi) is 17.5. The third kappa shape index (κ3) is 12.0. The van der Waals surface area contributed by atoms with Crippen LogP contribution in [0.15, 0.2) is 238 Å². The fraction of sp³-hybridized carbons (Fsp3) is 0.250. The Hall–Kier alpha value is -11.3. The molecular formula is C128H110Cl4N8Sn2. The van der Waals surface area contributed by atoms with Gasteiger partial charge in [-0.05, 0) is 0 Å². The molecule has 8 nitrogen and oxygen atoms in total. The van der Waals surface area contributed by atoms with E-state index >= 15 is 0 Å². The number of halogens is 4. The molecule has 0 spiro atoms. The van der Waals surface area contributed by atoms with Crippen LogP contribution in [0.1, 0.15) is 244 Å². The van der Waals surface area contributed by atoms with Gasteiger partial charge in [0.05, 0.1) is 0 Å². The molecule has 8 aliphatic heterocycles. The van der Waals surface area contributed by atoms with Gasteiger partial charge in [0.25, 0.3) is 0 Å². The van der Waals surface area contributed by atoms with Crippen LogP contribution in [-0.2, 0) is 43.3 Å². The molecule has 0 radical (unpaired) electrons. The summed E-state index contributed by atoms with van der Waals surface area (Å²) in [4.78, 5) is 26.2. The normalized spacial score (nSPS) is 16.3. The minimum absolute atomic E-state index is 0.312. The number of hydrogen-bond acceptors (Lipinski definition) is 4. The molecule has 28 rings (SSSR count). The standard InChI is InChI=1S/C128H110N8.4ClH.2Sn/c1-121(2,3)73-43-69(44-74(53-73)122(4,5)6)103-91-39-41-93(129-91)111-81-37-35-65-33-31-63-27-25-29-67-51-83(109(81)107(65)101(63)67)85-57-97(131-115(85)111)106(72-49-79(127(19,20)21)56-80(50-72)128(22,23)24)100-62-90-88-60-96-104(70-45-75(123(7,8)9)54-76(46-70)124(10,11)12)92-40-42-94(130-92)112-82-38-36-66-34-32-64-28-26-30-68-52-84(110(82)108(66)102(64)68)86-58-98(132-116(86)112)105(71-47-77(125(13,14)15)55-78(48-71)126(16,17)18)99-61-89-87-59-95(103)133-117(87)113(120(90)136-100)114(118(88)134-96)119(89)135-99;;;;;;/h25-62H,1-24H3;4*1H;;/q-4;;;;;2*+4/p-4. The van der Waals surface area contributed by atoms with Crippen LogP contribution in [0.3, 0.4) is 0 Å². The number of rotatable bonds is 4. The van der Waals surface area contributed by atoms with Crippen molar-refractivity contribution < 1.29 is 0 Å². The van der Waals surface area contributed by atoms with E-state index in [0.717, 1.165) is 208 Å². The number of nitrogens with zero attached hydrogens (tertiary/aromatic N) is 8. The monoisotopic (exact) mass is 2140 g/mol. The average molecular weight is 2140 g/mol. The number of fused-ring (bicyclic) bond motifs is 8. The molecular weight excluding hydrogens is 2030 g/mol. The average Bonchev–Trinajstić information content (AvgIpc) is 1.48. The van der Waals surface area contributed by atoms with E-state index in [-0.39, 0.29) is 43.3 Å². The molecule has 20 aromatic rings. The van der Waals surface area contributed by atoms with Crippen molar-refractivity contribution in [2.24, 2.45) is 20.0 Å². The van der Waals surface area contributed by atoms with Gasteiger partial charge in [0.2, 0.25) is 0 Å². The van der Waals surface area contributed by atoms with Crippen molar-refractivity contribution >= 4 is 257 Å². The molecule has 0 N–H and O–H groups in total. The van der Waals surface area contributed by atoms with Gasteiger partial charge in [0.15, 0.2) is 0 Å². The first-order chi connectivity index (χ1) is 66.9. The summed E-state index contributed by atoms with van der Waals surface area (Å²) >= 11 is -12.3. The summed E-state index contributed by atoms with van der Waals surface area (Å²) in [6.45, 7) is 56.3. The first-order valence-electron chi connectivity index (χ1n) is 50.5. The topological polar surface area (TPSA) is 69.2 Å². The van der Waals surface area contributed by atoms with E-state index in [1.807, 2.05) is 0 Å². The maximum absolute atomic E-state index is 10.0. The number of aliphatic imine (C=N–C) groups is 2. The predicted octanol–water partition coefficient (Wildman–Crippen LogP) is 28.0. The van der Waals surface area contributed by atoms with Crippen molar-refractivity contribution in [2.45, 2.75) is 209 Å². The van der Waals surface area contributed by atoms with E-state index in [2.05, 4.69) is 408 Å². The molecule has 0 fully saturated rings. The Balaban J connectivity index is 0.927. The molecule has 0 aliphatic carbocycles. The maximum atomic E-state index is 10.0. The summed E-state index contributed by atoms with van der Waals surface area (Å²) < 4.78 is 10.1. The Morgan fingerprint density at radius 1 is 0.232 bits per heavy atom. The van der Waals surface area contributed by atoms with Gasteiger partial charge in [0.1, 0.15) is 0 Å². The fourth-order valence-electron chi connectivity index (χ4n) is 25.3. The fourth-order valence-corrected chi connectivity index (χ4v) is 47.0. The molecule has 4 aromatic heterocycles. The van der Waals surface area contributed by atoms with E-state index < -0.39 is 33.3 Å². The summed E-state index contributed by atoms with van der Waals surface area (Å²) in [5, 5.41) is 33.7. The molecule has 0 saturated carbocycles. The van der Waals surface area contributed by atoms with Gasteiger partial charge in [0, 0.05) is 0 Å². The SMILES string of the molecule is CC(C)(C)c1cc(C2=C3C=c4c(c(c5ccc6ccc7cccc8cc4c5c6c78)=c4ccc5[n]4[Sn]([Cl])([Cl])[n]4c2cc2c6c7c8c(c9c(c%10cc%11[n](c%108)[Sn]([Cl])([Cl])[n]8c(ccc8=c8c%10c(c%12cc%13cccc%14ccc%15ccc8c%12c%15c%14%13)=CC(=C%11c8cc(C(C)(C)C)cc(C(C)(C)C)c8)N=%10)=C(c8cc(C(C)(C)C)cc(C(C)(C)C)c8)C(=N7)C=6)=CC(=N9)C=5c5cc(C(C)(C)C)cc(C(C)(C)C)c5)c24)=N3)cc(C(C)(C)C)c1. The molecule has 142 heavy (non-hydrogen) atoms. The Morgan fingerprint density at radius 3 is 0.838 bits per heavy atom. The van der Waals surface area contributed by atoms with Gasteiger partial charge in [-0.1, -0.05) is 0 Å². The molecule has 8 aliphatic rings. The molecule has 698 valence electrons. The van der Waals surface area contributed by atoms with Gasteiger partial charge in [-0.2, -0.15) is 0 Å². The van der Waals surface area contributed by atoms with Gasteiger partial charge < -0.3 is 0 Å². The summed E-state index contributed by atoms with van der Waals surface area (Å²) in [6.07, 6.45) is 9.76. The number of benzene rings is 16. The van der Waals surface area contributed by atoms with Crippen LogP contribution in [0.2, 0.25) is 0 Å². The van der Waals surface area contributed by atoms with Crippen molar-refractivity contribution in [3.05, 3.63) is 359 Å². The van der Waals surface area contributed by atoms with Crippen LogP contribution >= 0.6 is 35.7 Å². The molecule has 0 atom stereocenters. The molecule has 0 saturated heterocycles. The van der Waals surface area contributed by atoms with Gasteiger partial charge in [-0.3, -0.25) is 0 Å².